The highest BCUT2D eigenvalue weighted by molar-refractivity contribution is 5.79. The molecule has 0 fully saturated rings. The highest BCUT2D eigenvalue weighted by Gasteiger charge is 2.26. The summed E-state index contributed by atoms with van der Waals surface area (Å²) in [6.45, 7) is 4.78. The van der Waals surface area contributed by atoms with Gasteiger partial charge in [0.15, 0.2) is 11.5 Å². The summed E-state index contributed by atoms with van der Waals surface area (Å²) in [5.74, 6) is 0.202. The largest absolute Gasteiger partial charge is 0.489 e. The van der Waals surface area contributed by atoms with Crippen molar-refractivity contribution in [2.24, 2.45) is 0 Å². The number of unbranched alkanes of at least 4 members (excludes halogenated alkanes) is 2. The smallest absolute Gasteiger partial charge is 0.268 e. The van der Waals surface area contributed by atoms with Gasteiger partial charge >= 0.3 is 0 Å². The molecule has 0 spiro atoms. The average Bonchev–Trinajstić information content (AvgIpc) is 2.72. The van der Waals surface area contributed by atoms with Crippen molar-refractivity contribution < 1.29 is 9.47 Å². The van der Waals surface area contributed by atoms with E-state index in [0.29, 0.717) is 24.3 Å². The van der Waals surface area contributed by atoms with Crippen molar-refractivity contribution in [3.05, 3.63) is 65.2 Å². The third-order valence-electron chi connectivity index (χ3n) is 4.68. The quantitative estimate of drug-likeness (QED) is 0.396. The molecule has 0 aliphatic heterocycles. The molecule has 6 heteroatoms. The van der Waals surface area contributed by atoms with Crippen LogP contribution in [-0.4, -0.2) is 13.2 Å². The molecule has 3 rings (SSSR count). The molecule has 0 saturated carbocycles. The van der Waals surface area contributed by atoms with E-state index in [2.05, 4.69) is 0 Å². The molecule has 0 saturated heterocycles. The predicted octanol–water partition coefficient (Wildman–Crippen LogP) is 2.57. The predicted molar refractivity (Wildman–Crippen MR) is 108 cm³/mol. The normalized spacial score (nSPS) is 11.2. The number of hydrogen-bond acceptors (Lipinski definition) is 6. The zero-order valence-electron chi connectivity index (χ0n) is 16.0. The van der Waals surface area contributed by atoms with Gasteiger partial charge in [-0.3, -0.25) is 19.2 Å². The summed E-state index contributed by atoms with van der Waals surface area (Å²) in [7, 11) is 0. The first-order valence-corrected chi connectivity index (χ1v) is 9.54. The van der Waals surface area contributed by atoms with Gasteiger partial charge < -0.3 is 9.47 Å². The number of benzene rings is 1. The van der Waals surface area contributed by atoms with Gasteiger partial charge in [-0.05, 0) is 24.0 Å². The summed E-state index contributed by atoms with van der Waals surface area (Å²) in [5, 5.41) is 0. The van der Waals surface area contributed by atoms with E-state index in [9.17, 15) is 19.2 Å². The van der Waals surface area contributed by atoms with Crippen LogP contribution in [0.3, 0.4) is 0 Å². The molecular weight excluding hydrogens is 360 g/mol. The molecule has 0 N–H and O–H groups in total. The average molecular weight is 382 g/mol. The first-order valence-electron chi connectivity index (χ1n) is 9.54. The van der Waals surface area contributed by atoms with Gasteiger partial charge in [0.05, 0.1) is 24.3 Å². The molecule has 0 aliphatic carbocycles. The van der Waals surface area contributed by atoms with Crippen LogP contribution in [0.5, 0.6) is 11.5 Å². The molecule has 6 nitrogen and oxygen atoms in total. The monoisotopic (exact) mass is 382 g/mol. The van der Waals surface area contributed by atoms with Crippen LogP contribution in [0, 0.1) is 0 Å². The van der Waals surface area contributed by atoms with Crippen LogP contribution >= 0.6 is 0 Å². The van der Waals surface area contributed by atoms with Gasteiger partial charge in [0.1, 0.15) is 0 Å². The van der Waals surface area contributed by atoms with Crippen LogP contribution in [0.15, 0.2) is 43.4 Å². The van der Waals surface area contributed by atoms with E-state index in [1.165, 1.54) is 0 Å². The van der Waals surface area contributed by atoms with E-state index in [-0.39, 0.29) is 22.6 Å². The molecule has 146 valence electrons. The van der Waals surface area contributed by atoms with Gasteiger partial charge in [-0.25, -0.2) is 0 Å². The van der Waals surface area contributed by atoms with Gasteiger partial charge in [-0.2, -0.15) is 0 Å². The summed E-state index contributed by atoms with van der Waals surface area (Å²) in [6.07, 6.45) is 3.43. The third kappa shape index (κ3) is 3.42. The second kappa shape index (κ2) is 8.33. The first kappa shape index (κ1) is 19.7. The van der Waals surface area contributed by atoms with Crippen molar-refractivity contribution in [3.8, 4) is 33.8 Å². The molecule has 0 aromatic heterocycles. The van der Waals surface area contributed by atoms with Crippen molar-refractivity contribution in [2.45, 2.75) is 39.5 Å². The maximum absolute atomic E-state index is 12.0. The number of rotatable bonds is 10. The lowest BCUT2D eigenvalue weighted by Gasteiger charge is -2.14. The molecule has 0 atom stereocenters. The standard InChI is InChI=1S/C22H22O6/c1-3-5-11-27-21-15(17(23)19(21)25)13-7-9-14(10-8-13)16-18(24)20(26)22(16)28-12-6-4-2/h7-10H,3-6,11-12H2,1-2H3. The number of hydrogen-bond donors (Lipinski definition) is 0. The fourth-order valence-corrected chi connectivity index (χ4v) is 2.98. The first-order chi connectivity index (χ1) is 13.5. The molecule has 0 aliphatic rings. The third-order valence-corrected chi connectivity index (χ3v) is 4.68. The lowest BCUT2D eigenvalue weighted by molar-refractivity contribution is 0.304. The van der Waals surface area contributed by atoms with Gasteiger partial charge in [-0.15, -0.1) is 0 Å². The van der Waals surface area contributed by atoms with E-state index >= 15 is 0 Å². The Morgan fingerprint density at radius 3 is 1.29 bits per heavy atom. The second-order valence-electron chi connectivity index (χ2n) is 6.71. The SMILES string of the molecule is CCCCOc1c(-c2ccc(-c3c(OCCCC)c(=O)c3=O)cc2)c(=O)c1=O. The Kier molecular flexibility index (Phi) is 5.87. The fourth-order valence-electron chi connectivity index (χ4n) is 2.98. The second-order valence-corrected chi connectivity index (χ2v) is 6.71. The summed E-state index contributed by atoms with van der Waals surface area (Å²) in [4.78, 5) is 47.5. The zero-order chi connectivity index (χ0) is 20.3. The molecule has 28 heavy (non-hydrogen) atoms. The topological polar surface area (TPSA) is 86.7 Å². The molecule has 0 radical (unpaired) electrons. The molecule has 3 aromatic carbocycles. The minimum Gasteiger partial charge on any atom is -0.489 e. The van der Waals surface area contributed by atoms with Crippen LogP contribution < -0.4 is 31.2 Å². The van der Waals surface area contributed by atoms with E-state index in [0.717, 1.165) is 25.7 Å². The molecule has 0 unspecified atom stereocenters. The molecule has 0 amide bonds. The van der Waals surface area contributed by atoms with E-state index in [1.54, 1.807) is 24.3 Å². The summed E-state index contributed by atoms with van der Waals surface area (Å²) < 4.78 is 10.9. The Morgan fingerprint density at radius 2 is 0.964 bits per heavy atom. The Labute approximate surface area is 161 Å². The van der Waals surface area contributed by atoms with Crippen LogP contribution in [-0.2, 0) is 0 Å². The van der Waals surface area contributed by atoms with Crippen LogP contribution in [0.25, 0.3) is 22.3 Å². The van der Waals surface area contributed by atoms with Crippen LogP contribution in [0.1, 0.15) is 39.5 Å². The zero-order valence-corrected chi connectivity index (χ0v) is 16.0. The van der Waals surface area contributed by atoms with Crippen LogP contribution in [0.4, 0.5) is 0 Å². The molecule has 0 bridgehead atoms. The van der Waals surface area contributed by atoms with Crippen molar-refractivity contribution in [2.75, 3.05) is 13.2 Å². The van der Waals surface area contributed by atoms with E-state index in [1.807, 2.05) is 13.8 Å². The van der Waals surface area contributed by atoms with Crippen LogP contribution in [0.2, 0.25) is 0 Å². The minimum absolute atomic E-state index is 0.101. The molecule has 3 aromatic rings. The summed E-state index contributed by atoms with van der Waals surface area (Å²) in [5.41, 5.74) is -0.740. The molecule has 0 heterocycles. The summed E-state index contributed by atoms with van der Waals surface area (Å²) in [6, 6.07) is 6.58. The fraction of sp³-hybridized carbons (Fsp3) is 0.364. The van der Waals surface area contributed by atoms with E-state index < -0.39 is 21.7 Å². The lowest BCUT2D eigenvalue weighted by Crippen LogP contribution is -2.35. The molecular formula is C22H22O6. The summed E-state index contributed by atoms with van der Waals surface area (Å²) >= 11 is 0. The van der Waals surface area contributed by atoms with Crippen molar-refractivity contribution in [1.82, 2.24) is 0 Å². The Bertz CT molecular complexity index is 1020. The van der Waals surface area contributed by atoms with Gasteiger partial charge in [0.25, 0.3) is 10.9 Å². The lowest BCUT2D eigenvalue weighted by atomic mass is 9.95. The maximum Gasteiger partial charge on any atom is 0.268 e. The van der Waals surface area contributed by atoms with Crippen molar-refractivity contribution in [1.29, 1.82) is 0 Å². The Hall–Kier alpha value is -3.02. The highest BCUT2D eigenvalue weighted by Crippen LogP contribution is 2.30. The number of ether oxygens (including phenoxy) is 2. The van der Waals surface area contributed by atoms with E-state index in [4.69, 9.17) is 9.47 Å². The maximum atomic E-state index is 12.0. The van der Waals surface area contributed by atoms with Gasteiger partial charge in [0, 0.05) is 0 Å². The Morgan fingerprint density at radius 1 is 0.607 bits per heavy atom. The van der Waals surface area contributed by atoms with Crippen molar-refractivity contribution in [3.63, 3.8) is 0 Å². The minimum atomic E-state index is -0.607. The van der Waals surface area contributed by atoms with Gasteiger partial charge in [-0.1, -0.05) is 51.0 Å². The van der Waals surface area contributed by atoms with Crippen molar-refractivity contribution >= 4 is 0 Å². The van der Waals surface area contributed by atoms with Gasteiger partial charge in [0.2, 0.25) is 10.9 Å². The Balaban J connectivity index is 1.85. The highest BCUT2D eigenvalue weighted by atomic mass is 16.5.